The third-order valence-corrected chi connectivity index (χ3v) is 4.17. The van der Waals surface area contributed by atoms with Crippen molar-refractivity contribution in [1.29, 1.82) is 0 Å². The van der Waals surface area contributed by atoms with Crippen LogP contribution in [0.25, 0.3) is 5.65 Å². The van der Waals surface area contributed by atoms with E-state index in [2.05, 4.69) is 20.8 Å². The molecule has 26 heavy (non-hydrogen) atoms. The number of hydrogen-bond donors (Lipinski definition) is 2. The Morgan fingerprint density at radius 2 is 2.15 bits per heavy atom. The molecule has 0 saturated carbocycles. The number of carbonyl (C=O) groups excluding carboxylic acids is 1. The highest BCUT2D eigenvalue weighted by Crippen LogP contribution is 2.20. The highest BCUT2D eigenvalue weighted by molar-refractivity contribution is 6.30. The zero-order valence-corrected chi connectivity index (χ0v) is 14.8. The number of anilines is 1. The van der Waals surface area contributed by atoms with Crippen LogP contribution in [-0.4, -0.2) is 32.3 Å². The third-order valence-electron chi connectivity index (χ3n) is 3.87. The number of hydrogen-bond acceptors (Lipinski definition) is 5. The minimum atomic E-state index is -0.562. The Labute approximate surface area is 152 Å². The Balaban J connectivity index is 1.77. The predicted octanol–water partition coefficient (Wildman–Crippen LogP) is 1.60. The fourth-order valence-electron chi connectivity index (χ4n) is 2.51. The van der Waals surface area contributed by atoms with Crippen molar-refractivity contribution in [3.63, 3.8) is 0 Å². The second-order valence-corrected chi connectivity index (χ2v) is 6.04. The first kappa shape index (κ1) is 17.9. The molecule has 0 fully saturated rings. The summed E-state index contributed by atoms with van der Waals surface area (Å²) in [6.45, 7) is 1.42. The summed E-state index contributed by atoms with van der Waals surface area (Å²) in [4.78, 5) is 24.6. The second kappa shape index (κ2) is 7.12. The lowest BCUT2D eigenvalue weighted by Crippen LogP contribution is -2.34. The first-order valence-electron chi connectivity index (χ1n) is 7.77. The van der Waals surface area contributed by atoms with Gasteiger partial charge in [0.1, 0.15) is 12.4 Å². The summed E-state index contributed by atoms with van der Waals surface area (Å²) >= 11 is 5.66. The van der Waals surface area contributed by atoms with E-state index in [0.717, 1.165) is 9.20 Å². The zero-order chi connectivity index (χ0) is 18.8. The molecule has 10 heteroatoms. The summed E-state index contributed by atoms with van der Waals surface area (Å²) in [5.74, 6) is -1.00. The molecular formula is C16H16ClFN6O2. The lowest BCUT2D eigenvalue weighted by molar-refractivity contribution is -0.122. The molecule has 2 N–H and O–H groups in total. The number of carbonyl (C=O) groups is 1. The molecule has 2 heterocycles. The fourth-order valence-corrected chi connectivity index (χ4v) is 2.62. The normalized spacial score (nSPS) is 12.2. The summed E-state index contributed by atoms with van der Waals surface area (Å²) < 4.78 is 15.7. The molecule has 0 aliphatic rings. The Bertz CT molecular complexity index is 1030. The van der Waals surface area contributed by atoms with Crippen LogP contribution in [0.1, 0.15) is 18.5 Å². The minimum absolute atomic E-state index is 0.0105. The smallest absolute Gasteiger partial charge is 0.367 e. The van der Waals surface area contributed by atoms with Crippen LogP contribution < -0.4 is 16.3 Å². The first-order chi connectivity index (χ1) is 12.4. The van der Waals surface area contributed by atoms with Gasteiger partial charge in [-0.05, 0) is 30.7 Å². The molecule has 0 aliphatic carbocycles. The van der Waals surface area contributed by atoms with Crippen molar-refractivity contribution in [3.05, 3.63) is 57.3 Å². The van der Waals surface area contributed by atoms with Gasteiger partial charge in [-0.25, -0.2) is 13.9 Å². The standard InChI is InChI=1S/C16H16ClFN6O2/c1-9(10-3-4-11(17)12(18)7-10)21-14(25)8-23-16(26)24-15(22-23)13(19-2)5-6-20-24/h3-7,9,19H,8H2,1-2H3,(H,21,25)/t9-/m0/s1. The van der Waals surface area contributed by atoms with Gasteiger partial charge < -0.3 is 10.6 Å². The van der Waals surface area contributed by atoms with Crippen LogP contribution in [0.5, 0.6) is 0 Å². The van der Waals surface area contributed by atoms with Gasteiger partial charge in [-0.2, -0.15) is 9.61 Å². The van der Waals surface area contributed by atoms with E-state index in [0.29, 0.717) is 16.9 Å². The molecule has 1 aromatic carbocycles. The summed E-state index contributed by atoms with van der Waals surface area (Å²) in [5.41, 5.74) is 0.959. The largest absolute Gasteiger partial charge is 0.385 e. The number of amides is 1. The number of aromatic nitrogens is 4. The van der Waals surface area contributed by atoms with E-state index in [-0.39, 0.29) is 11.6 Å². The Morgan fingerprint density at radius 3 is 2.85 bits per heavy atom. The average molecular weight is 379 g/mol. The van der Waals surface area contributed by atoms with Crippen LogP contribution in [0.3, 0.4) is 0 Å². The van der Waals surface area contributed by atoms with Crippen LogP contribution in [0.4, 0.5) is 10.1 Å². The van der Waals surface area contributed by atoms with Crippen molar-refractivity contribution < 1.29 is 9.18 Å². The molecule has 0 radical (unpaired) electrons. The monoisotopic (exact) mass is 378 g/mol. The van der Waals surface area contributed by atoms with E-state index in [1.807, 2.05) is 0 Å². The molecule has 0 bridgehead atoms. The number of nitrogens with zero attached hydrogens (tertiary/aromatic N) is 4. The summed E-state index contributed by atoms with van der Waals surface area (Å²) in [5, 5.41) is 13.7. The number of benzene rings is 1. The van der Waals surface area contributed by atoms with Gasteiger partial charge >= 0.3 is 5.69 Å². The van der Waals surface area contributed by atoms with Crippen molar-refractivity contribution >= 4 is 28.8 Å². The van der Waals surface area contributed by atoms with E-state index < -0.39 is 23.5 Å². The molecule has 1 amide bonds. The quantitative estimate of drug-likeness (QED) is 0.703. The van der Waals surface area contributed by atoms with Gasteiger partial charge in [0.25, 0.3) is 0 Å². The lowest BCUT2D eigenvalue weighted by atomic mass is 10.1. The Morgan fingerprint density at radius 1 is 1.38 bits per heavy atom. The number of rotatable bonds is 5. The van der Waals surface area contributed by atoms with Crippen LogP contribution in [0, 0.1) is 5.82 Å². The number of halogens is 2. The topological polar surface area (TPSA) is 93.3 Å². The number of fused-ring (bicyclic) bond motifs is 1. The van der Waals surface area contributed by atoms with Gasteiger partial charge in [-0.15, -0.1) is 5.10 Å². The molecule has 3 rings (SSSR count). The SMILES string of the molecule is CNc1ccnn2c(=O)n(CC(=O)N[C@@H](C)c3ccc(Cl)c(F)c3)nc12. The van der Waals surface area contributed by atoms with Gasteiger partial charge in [0, 0.05) is 7.05 Å². The van der Waals surface area contributed by atoms with Gasteiger partial charge in [0.2, 0.25) is 11.6 Å². The molecule has 0 saturated heterocycles. The maximum absolute atomic E-state index is 13.6. The minimum Gasteiger partial charge on any atom is -0.385 e. The van der Waals surface area contributed by atoms with E-state index in [4.69, 9.17) is 11.6 Å². The van der Waals surface area contributed by atoms with Crippen molar-refractivity contribution in [2.45, 2.75) is 19.5 Å². The van der Waals surface area contributed by atoms with Gasteiger partial charge in [0.05, 0.1) is 22.9 Å². The summed E-state index contributed by atoms with van der Waals surface area (Å²) in [7, 11) is 1.69. The van der Waals surface area contributed by atoms with Crippen molar-refractivity contribution in [2.24, 2.45) is 0 Å². The van der Waals surface area contributed by atoms with Gasteiger partial charge in [0.15, 0.2) is 0 Å². The zero-order valence-electron chi connectivity index (χ0n) is 14.0. The molecule has 8 nitrogen and oxygen atoms in total. The van der Waals surface area contributed by atoms with Crippen molar-refractivity contribution in [3.8, 4) is 0 Å². The van der Waals surface area contributed by atoms with E-state index in [9.17, 15) is 14.0 Å². The van der Waals surface area contributed by atoms with Crippen LogP contribution in [-0.2, 0) is 11.3 Å². The molecule has 1 atom stereocenters. The van der Waals surface area contributed by atoms with Crippen molar-refractivity contribution in [2.75, 3.05) is 12.4 Å². The molecule has 0 unspecified atom stereocenters. The molecule has 0 spiro atoms. The molecule has 136 valence electrons. The summed E-state index contributed by atoms with van der Waals surface area (Å²) in [6, 6.07) is 5.51. The predicted molar refractivity (Wildman–Crippen MR) is 94.8 cm³/mol. The lowest BCUT2D eigenvalue weighted by Gasteiger charge is -2.14. The highest BCUT2D eigenvalue weighted by atomic mass is 35.5. The maximum Gasteiger partial charge on any atom is 0.367 e. The highest BCUT2D eigenvalue weighted by Gasteiger charge is 2.16. The Kier molecular flexibility index (Phi) is 4.90. The van der Waals surface area contributed by atoms with E-state index in [1.54, 1.807) is 26.1 Å². The summed E-state index contributed by atoms with van der Waals surface area (Å²) in [6.07, 6.45) is 1.46. The molecular weight excluding hydrogens is 363 g/mol. The van der Waals surface area contributed by atoms with Crippen LogP contribution in [0.15, 0.2) is 35.3 Å². The third kappa shape index (κ3) is 3.38. The van der Waals surface area contributed by atoms with Crippen LogP contribution >= 0.6 is 11.6 Å². The van der Waals surface area contributed by atoms with Crippen molar-refractivity contribution in [1.82, 2.24) is 24.7 Å². The van der Waals surface area contributed by atoms with E-state index >= 15 is 0 Å². The Hall–Kier alpha value is -2.94. The molecule has 0 aliphatic heterocycles. The van der Waals surface area contributed by atoms with Crippen LogP contribution in [0.2, 0.25) is 5.02 Å². The average Bonchev–Trinajstić information content (AvgIpc) is 2.93. The fraction of sp³-hybridized carbons (Fsp3) is 0.250. The van der Waals surface area contributed by atoms with Gasteiger partial charge in [-0.1, -0.05) is 17.7 Å². The molecule has 2 aromatic heterocycles. The second-order valence-electron chi connectivity index (χ2n) is 5.63. The van der Waals surface area contributed by atoms with E-state index in [1.165, 1.54) is 18.3 Å². The van der Waals surface area contributed by atoms with Gasteiger partial charge in [-0.3, -0.25) is 4.79 Å². The molecule has 3 aromatic rings. The maximum atomic E-state index is 13.6. The number of nitrogens with one attached hydrogen (secondary N) is 2. The first-order valence-corrected chi connectivity index (χ1v) is 8.15.